The van der Waals surface area contributed by atoms with Gasteiger partial charge in [-0.2, -0.15) is 0 Å². The van der Waals surface area contributed by atoms with Gasteiger partial charge in [-0.05, 0) is 31.5 Å². The number of methoxy groups -OCH3 is 1. The van der Waals surface area contributed by atoms with Gasteiger partial charge in [-0.15, -0.1) is 0 Å². The van der Waals surface area contributed by atoms with E-state index in [0.717, 1.165) is 5.56 Å². The van der Waals surface area contributed by atoms with Crippen LogP contribution in [-0.4, -0.2) is 30.6 Å². The van der Waals surface area contributed by atoms with Crippen LogP contribution in [0.3, 0.4) is 0 Å². The number of rotatable bonds is 4. The van der Waals surface area contributed by atoms with E-state index < -0.39 is 11.9 Å². The molecular weight excluding hydrogens is 370 g/mol. The number of Topliss-reactive ketones (excluding diaryl/α,β-unsaturated/α-hetero) is 1. The van der Waals surface area contributed by atoms with E-state index in [2.05, 4.69) is 5.32 Å². The van der Waals surface area contributed by atoms with Crippen molar-refractivity contribution in [3.05, 3.63) is 76.0 Å². The number of carbonyl (C=O) groups excluding carboxylic acids is 2. The second kappa shape index (κ2) is 7.13. The number of allylic oxidation sites excluding steroid dienone is 2. The number of fused-ring (bicyclic) bond motifs is 2. The number of ether oxygens (including phenoxy) is 2. The molecule has 1 aliphatic carbocycles. The molecule has 1 aliphatic heterocycles. The van der Waals surface area contributed by atoms with E-state index in [-0.39, 0.29) is 11.5 Å². The molecule has 148 valence electrons. The number of carbonyl (C=O) groups is 2. The first-order valence-electron chi connectivity index (χ1n) is 9.38. The molecule has 0 aromatic heterocycles. The summed E-state index contributed by atoms with van der Waals surface area (Å²) in [6, 6.07) is 12.2. The number of nitrogens with one attached hydrogen (secondary N) is 1. The third kappa shape index (κ3) is 2.88. The summed E-state index contributed by atoms with van der Waals surface area (Å²) in [5.74, 6) is -0.983. The number of ketones is 1. The second-order valence-corrected chi connectivity index (χ2v) is 6.91. The van der Waals surface area contributed by atoms with Crippen LogP contribution in [0.25, 0.3) is 5.70 Å². The summed E-state index contributed by atoms with van der Waals surface area (Å²) in [6.45, 7) is 3.98. The van der Waals surface area contributed by atoms with Gasteiger partial charge in [-0.1, -0.05) is 30.3 Å². The molecule has 0 radical (unpaired) electrons. The second-order valence-electron chi connectivity index (χ2n) is 6.91. The van der Waals surface area contributed by atoms with Crippen molar-refractivity contribution in [2.45, 2.75) is 19.8 Å². The van der Waals surface area contributed by atoms with E-state index in [0.29, 0.717) is 46.0 Å². The number of esters is 1. The average Bonchev–Trinajstić information content (AvgIpc) is 3.00. The predicted octanol–water partition coefficient (Wildman–Crippen LogP) is 3.53. The molecule has 1 atom stereocenters. The SMILES string of the molecule is CCOc1cc(C2C(C(=O)OC)=C(C)NC3=C2C(=O)c2ccccc23)ccc1O. The van der Waals surface area contributed by atoms with Gasteiger partial charge in [-0.3, -0.25) is 4.79 Å². The van der Waals surface area contributed by atoms with Gasteiger partial charge in [0.1, 0.15) is 0 Å². The Morgan fingerprint density at radius 2 is 1.90 bits per heavy atom. The van der Waals surface area contributed by atoms with Crippen LogP contribution >= 0.6 is 0 Å². The number of hydrogen-bond donors (Lipinski definition) is 2. The summed E-state index contributed by atoms with van der Waals surface area (Å²) in [4.78, 5) is 26.0. The van der Waals surface area contributed by atoms with Crippen molar-refractivity contribution in [3.8, 4) is 11.5 Å². The van der Waals surface area contributed by atoms with Gasteiger partial charge in [0.05, 0.1) is 25.0 Å². The molecular formula is C23H21NO5. The van der Waals surface area contributed by atoms with Gasteiger partial charge in [0.2, 0.25) is 0 Å². The van der Waals surface area contributed by atoms with Gasteiger partial charge in [-0.25, -0.2) is 4.79 Å². The minimum absolute atomic E-state index is 0.0000849. The highest BCUT2D eigenvalue weighted by Gasteiger charge is 2.42. The lowest BCUT2D eigenvalue weighted by Gasteiger charge is -2.29. The normalized spacial score (nSPS) is 17.6. The van der Waals surface area contributed by atoms with Gasteiger partial charge < -0.3 is 19.9 Å². The third-order valence-electron chi connectivity index (χ3n) is 5.27. The summed E-state index contributed by atoms with van der Waals surface area (Å²) >= 11 is 0. The fraction of sp³-hybridized carbons (Fsp3) is 0.217. The van der Waals surface area contributed by atoms with Crippen molar-refractivity contribution in [2.24, 2.45) is 0 Å². The van der Waals surface area contributed by atoms with Crippen LogP contribution in [0.1, 0.15) is 41.3 Å². The van der Waals surface area contributed by atoms with Crippen LogP contribution < -0.4 is 10.1 Å². The van der Waals surface area contributed by atoms with Crippen LogP contribution in [-0.2, 0) is 9.53 Å². The van der Waals surface area contributed by atoms with E-state index in [4.69, 9.17) is 9.47 Å². The molecule has 6 heteroatoms. The number of benzene rings is 2. The van der Waals surface area contributed by atoms with Crippen molar-refractivity contribution >= 4 is 17.4 Å². The fourth-order valence-corrected chi connectivity index (χ4v) is 4.02. The zero-order valence-electron chi connectivity index (χ0n) is 16.4. The Balaban J connectivity index is 1.94. The quantitative estimate of drug-likeness (QED) is 0.776. The van der Waals surface area contributed by atoms with E-state index >= 15 is 0 Å². The molecule has 2 aromatic rings. The highest BCUT2D eigenvalue weighted by molar-refractivity contribution is 6.23. The van der Waals surface area contributed by atoms with Gasteiger partial charge >= 0.3 is 5.97 Å². The van der Waals surface area contributed by atoms with Crippen LogP contribution in [0.5, 0.6) is 11.5 Å². The maximum atomic E-state index is 13.3. The molecule has 2 N–H and O–H groups in total. The molecule has 0 spiro atoms. The monoisotopic (exact) mass is 391 g/mol. The summed E-state index contributed by atoms with van der Waals surface area (Å²) < 4.78 is 10.5. The summed E-state index contributed by atoms with van der Waals surface area (Å²) in [6.07, 6.45) is 0. The fourth-order valence-electron chi connectivity index (χ4n) is 4.02. The molecule has 6 nitrogen and oxygen atoms in total. The zero-order valence-corrected chi connectivity index (χ0v) is 16.4. The number of phenolic OH excluding ortho intramolecular Hbond substituents is 1. The molecule has 29 heavy (non-hydrogen) atoms. The highest BCUT2D eigenvalue weighted by Crippen LogP contribution is 2.47. The molecule has 2 aromatic carbocycles. The molecule has 1 heterocycles. The Hall–Kier alpha value is -3.54. The number of aromatic hydroxyl groups is 1. The Morgan fingerprint density at radius 1 is 1.17 bits per heavy atom. The van der Waals surface area contributed by atoms with Gasteiger partial charge in [0, 0.05) is 28.3 Å². The number of hydrogen-bond acceptors (Lipinski definition) is 6. The molecule has 0 fully saturated rings. The Kier molecular flexibility index (Phi) is 4.62. The first-order valence-corrected chi connectivity index (χ1v) is 9.38. The van der Waals surface area contributed by atoms with Crippen LogP contribution in [0.15, 0.2) is 59.3 Å². The first kappa shape index (κ1) is 18.8. The van der Waals surface area contributed by atoms with Crippen molar-refractivity contribution in [2.75, 3.05) is 13.7 Å². The molecule has 0 saturated carbocycles. The van der Waals surface area contributed by atoms with Crippen molar-refractivity contribution in [3.63, 3.8) is 0 Å². The van der Waals surface area contributed by atoms with Crippen molar-refractivity contribution in [1.82, 2.24) is 5.32 Å². The lowest BCUT2D eigenvalue weighted by atomic mass is 9.79. The van der Waals surface area contributed by atoms with Gasteiger partial charge in [0.25, 0.3) is 0 Å². The highest BCUT2D eigenvalue weighted by atomic mass is 16.5. The smallest absolute Gasteiger partial charge is 0.336 e. The molecule has 2 aliphatic rings. The molecule has 0 saturated heterocycles. The van der Waals surface area contributed by atoms with Gasteiger partial charge in [0.15, 0.2) is 17.3 Å². The third-order valence-corrected chi connectivity index (χ3v) is 5.27. The van der Waals surface area contributed by atoms with E-state index in [9.17, 15) is 14.7 Å². The van der Waals surface area contributed by atoms with E-state index in [1.807, 2.05) is 25.1 Å². The predicted molar refractivity (Wildman–Crippen MR) is 108 cm³/mol. The standard InChI is InChI=1S/C23H21NO5/c1-4-29-17-11-13(9-10-16(17)25)19-18(23(27)28-3)12(2)24-21-14-7-5-6-8-15(14)22(26)20(19)21/h5-11,19,24-25H,4H2,1-3H3. The molecule has 0 amide bonds. The lowest BCUT2D eigenvalue weighted by Crippen LogP contribution is -2.29. The molecule has 4 rings (SSSR count). The molecule has 0 bridgehead atoms. The Morgan fingerprint density at radius 3 is 2.59 bits per heavy atom. The first-order chi connectivity index (χ1) is 14.0. The zero-order chi connectivity index (χ0) is 20.7. The maximum absolute atomic E-state index is 13.3. The maximum Gasteiger partial charge on any atom is 0.336 e. The minimum atomic E-state index is -0.640. The Labute approximate surface area is 168 Å². The molecule has 1 unspecified atom stereocenters. The summed E-state index contributed by atoms with van der Waals surface area (Å²) in [5.41, 5.74) is 4.25. The van der Waals surface area contributed by atoms with Crippen LogP contribution in [0, 0.1) is 0 Å². The van der Waals surface area contributed by atoms with E-state index in [1.165, 1.54) is 13.2 Å². The van der Waals surface area contributed by atoms with E-state index in [1.54, 1.807) is 25.1 Å². The average molecular weight is 391 g/mol. The lowest BCUT2D eigenvalue weighted by molar-refractivity contribution is -0.136. The van der Waals surface area contributed by atoms with Crippen molar-refractivity contribution < 1.29 is 24.2 Å². The topological polar surface area (TPSA) is 84.9 Å². The summed E-state index contributed by atoms with van der Waals surface area (Å²) in [5, 5.41) is 13.3. The van der Waals surface area contributed by atoms with Crippen molar-refractivity contribution in [1.29, 1.82) is 0 Å². The minimum Gasteiger partial charge on any atom is -0.504 e. The largest absolute Gasteiger partial charge is 0.504 e. The van der Waals surface area contributed by atoms with Crippen LogP contribution in [0.4, 0.5) is 0 Å². The Bertz CT molecular complexity index is 1100. The van der Waals surface area contributed by atoms with Crippen LogP contribution in [0.2, 0.25) is 0 Å². The summed E-state index contributed by atoms with van der Waals surface area (Å²) in [7, 11) is 1.32. The number of dihydropyridines is 1. The number of phenols is 1.